The van der Waals surface area contributed by atoms with Crippen LogP contribution in [0.25, 0.3) is 0 Å². The summed E-state index contributed by atoms with van der Waals surface area (Å²) in [6.45, 7) is 5.02. The lowest BCUT2D eigenvalue weighted by Crippen LogP contribution is -2.30. The molecule has 1 heterocycles. The standard InChI is InChI=1S/C13H20N2O2/c1-4-17-10-8-13(16)15(3)11(2)12-7-5-6-9-14-12/h5-7,9,11H,4,8,10H2,1-3H3. The van der Waals surface area contributed by atoms with E-state index in [2.05, 4.69) is 4.98 Å². The van der Waals surface area contributed by atoms with E-state index in [1.807, 2.05) is 32.0 Å². The zero-order valence-corrected chi connectivity index (χ0v) is 10.7. The molecule has 0 aliphatic heterocycles. The fourth-order valence-electron chi connectivity index (χ4n) is 1.52. The molecule has 4 nitrogen and oxygen atoms in total. The summed E-state index contributed by atoms with van der Waals surface area (Å²) in [5, 5.41) is 0. The highest BCUT2D eigenvalue weighted by Gasteiger charge is 2.17. The minimum absolute atomic E-state index is 0.00896. The van der Waals surface area contributed by atoms with Crippen LogP contribution in [0.1, 0.15) is 32.0 Å². The first-order valence-electron chi connectivity index (χ1n) is 5.91. The van der Waals surface area contributed by atoms with E-state index in [0.717, 1.165) is 5.69 Å². The van der Waals surface area contributed by atoms with Crippen LogP contribution in [0.3, 0.4) is 0 Å². The number of aromatic nitrogens is 1. The van der Waals surface area contributed by atoms with Crippen LogP contribution in [-0.4, -0.2) is 36.1 Å². The first-order valence-corrected chi connectivity index (χ1v) is 5.91. The highest BCUT2D eigenvalue weighted by Crippen LogP contribution is 2.16. The number of ether oxygens (including phenoxy) is 1. The Morgan fingerprint density at radius 1 is 1.53 bits per heavy atom. The van der Waals surface area contributed by atoms with E-state index >= 15 is 0 Å². The third-order valence-electron chi connectivity index (χ3n) is 2.75. The van der Waals surface area contributed by atoms with Gasteiger partial charge in [-0.1, -0.05) is 6.07 Å². The Morgan fingerprint density at radius 2 is 2.29 bits per heavy atom. The number of rotatable bonds is 6. The van der Waals surface area contributed by atoms with Crippen LogP contribution in [0.15, 0.2) is 24.4 Å². The second-order valence-corrected chi connectivity index (χ2v) is 3.88. The number of amides is 1. The molecule has 94 valence electrons. The van der Waals surface area contributed by atoms with Gasteiger partial charge in [0.05, 0.1) is 24.8 Å². The average Bonchev–Trinajstić information content (AvgIpc) is 2.38. The molecule has 0 saturated heterocycles. The van der Waals surface area contributed by atoms with Gasteiger partial charge in [0.2, 0.25) is 5.91 Å². The summed E-state index contributed by atoms with van der Waals surface area (Å²) < 4.78 is 5.18. The third kappa shape index (κ3) is 4.15. The quantitative estimate of drug-likeness (QED) is 0.710. The van der Waals surface area contributed by atoms with E-state index in [-0.39, 0.29) is 11.9 Å². The lowest BCUT2D eigenvalue weighted by atomic mass is 10.2. The van der Waals surface area contributed by atoms with Crippen LogP contribution >= 0.6 is 0 Å². The number of carbonyl (C=O) groups is 1. The maximum absolute atomic E-state index is 11.9. The van der Waals surface area contributed by atoms with Crippen LogP contribution in [0, 0.1) is 0 Å². The summed E-state index contributed by atoms with van der Waals surface area (Å²) in [4.78, 5) is 17.8. The van der Waals surface area contributed by atoms with Gasteiger partial charge in [0, 0.05) is 19.9 Å². The largest absolute Gasteiger partial charge is 0.381 e. The van der Waals surface area contributed by atoms with Crippen molar-refractivity contribution in [2.45, 2.75) is 26.3 Å². The summed E-state index contributed by atoms with van der Waals surface area (Å²) in [5.74, 6) is 0.0802. The van der Waals surface area contributed by atoms with Crippen LogP contribution in [0.4, 0.5) is 0 Å². The van der Waals surface area contributed by atoms with Gasteiger partial charge in [-0.05, 0) is 26.0 Å². The molecule has 0 spiro atoms. The average molecular weight is 236 g/mol. The van der Waals surface area contributed by atoms with E-state index < -0.39 is 0 Å². The van der Waals surface area contributed by atoms with Gasteiger partial charge in [-0.2, -0.15) is 0 Å². The first-order chi connectivity index (χ1) is 8.16. The molecule has 1 amide bonds. The molecule has 0 radical (unpaired) electrons. The van der Waals surface area contributed by atoms with Crippen molar-refractivity contribution in [1.29, 1.82) is 0 Å². The number of carbonyl (C=O) groups excluding carboxylic acids is 1. The minimum atomic E-state index is -0.00896. The number of nitrogens with zero attached hydrogens (tertiary/aromatic N) is 2. The Morgan fingerprint density at radius 3 is 2.88 bits per heavy atom. The predicted molar refractivity (Wildman–Crippen MR) is 66.5 cm³/mol. The van der Waals surface area contributed by atoms with E-state index in [9.17, 15) is 4.79 Å². The maximum atomic E-state index is 11.9. The molecule has 1 rings (SSSR count). The lowest BCUT2D eigenvalue weighted by Gasteiger charge is -2.24. The molecule has 0 aromatic carbocycles. The van der Waals surface area contributed by atoms with Gasteiger partial charge in [-0.3, -0.25) is 9.78 Å². The summed E-state index contributed by atoms with van der Waals surface area (Å²) in [5.41, 5.74) is 0.903. The molecule has 1 atom stereocenters. The Kier molecular flexibility index (Phi) is 5.63. The normalized spacial score (nSPS) is 12.2. The van der Waals surface area contributed by atoms with Crippen molar-refractivity contribution < 1.29 is 9.53 Å². The highest BCUT2D eigenvalue weighted by molar-refractivity contribution is 5.76. The molecular formula is C13H20N2O2. The molecular weight excluding hydrogens is 216 g/mol. The summed E-state index contributed by atoms with van der Waals surface area (Å²) in [6, 6.07) is 5.71. The van der Waals surface area contributed by atoms with Crippen molar-refractivity contribution in [3.63, 3.8) is 0 Å². The van der Waals surface area contributed by atoms with Crippen molar-refractivity contribution >= 4 is 5.91 Å². The zero-order chi connectivity index (χ0) is 12.7. The number of hydrogen-bond acceptors (Lipinski definition) is 3. The van der Waals surface area contributed by atoms with E-state index in [1.165, 1.54) is 0 Å². The summed E-state index contributed by atoms with van der Waals surface area (Å²) in [7, 11) is 1.80. The van der Waals surface area contributed by atoms with Gasteiger partial charge in [0.25, 0.3) is 0 Å². The van der Waals surface area contributed by atoms with Gasteiger partial charge in [0.15, 0.2) is 0 Å². The fourth-order valence-corrected chi connectivity index (χ4v) is 1.52. The monoisotopic (exact) mass is 236 g/mol. The van der Waals surface area contributed by atoms with Crippen molar-refractivity contribution in [3.8, 4) is 0 Å². The van der Waals surface area contributed by atoms with E-state index in [0.29, 0.717) is 19.6 Å². The Labute approximate surface area is 103 Å². The lowest BCUT2D eigenvalue weighted by molar-refractivity contribution is -0.133. The first kappa shape index (κ1) is 13.6. The van der Waals surface area contributed by atoms with Crippen molar-refractivity contribution in [1.82, 2.24) is 9.88 Å². The second kappa shape index (κ2) is 7.01. The molecule has 1 aromatic rings. The summed E-state index contributed by atoms with van der Waals surface area (Å²) >= 11 is 0. The molecule has 0 N–H and O–H groups in total. The molecule has 17 heavy (non-hydrogen) atoms. The van der Waals surface area contributed by atoms with Crippen LogP contribution in [0.2, 0.25) is 0 Å². The molecule has 4 heteroatoms. The van der Waals surface area contributed by atoms with Crippen LogP contribution < -0.4 is 0 Å². The van der Waals surface area contributed by atoms with Crippen molar-refractivity contribution in [3.05, 3.63) is 30.1 Å². The molecule has 0 aliphatic rings. The van der Waals surface area contributed by atoms with Crippen LogP contribution in [-0.2, 0) is 9.53 Å². The fraction of sp³-hybridized carbons (Fsp3) is 0.538. The summed E-state index contributed by atoms with van der Waals surface area (Å²) in [6.07, 6.45) is 2.16. The third-order valence-corrected chi connectivity index (χ3v) is 2.75. The van der Waals surface area contributed by atoms with Crippen molar-refractivity contribution in [2.24, 2.45) is 0 Å². The minimum Gasteiger partial charge on any atom is -0.381 e. The van der Waals surface area contributed by atoms with Gasteiger partial charge < -0.3 is 9.64 Å². The molecule has 0 fully saturated rings. The second-order valence-electron chi connectivity index (χ2n) is 3.88. The highest BCUT2D eigenvalue weighted by atomic mass is 16.5. The topological polar surface area (TPSA) is 42.4 Å². The number of hydrogen-bond donors (Lipinski definition) is 0. The molecule has 0 bridgehead atoms. The van der Waals surface area contributed by atoms with E-state index in [4.69, 9.17) is 4.74 Å². The van der Waals surface area contributed by atoms with Crippen LogP contribution in [0.5, 0.6) is 0 Å². The maximum Gasteiger partial charge on any atom is 0.225 e. The van der Waals surface area contributed by atoms with Gasteiger partial charge in [0.1, 0.15) is 0 Å². The van der Waals surface area contributed by atoms with Gasteiger partial charge in [-0.15, -0.1) is 0 Å². The smallest absolute Gasteiger partial charge is 0.225 e. The Bertz CT molecular complexity index is 341. The molecule has 1 unspecified atom stereocenters. The molecule has 1 aromatic heterocycles. The van der Waals surface area contributed by atoms with E-state index in [1.54, 1.807) is 18.1 Å². The molecule has 0 saturated carbocycles. The predicted octanol–water partition coefficient (Wildman–Crippen LogP) is 2.03. The Hall–Kier alpha value is -1.42. The van der Waals surface area contributed by atoms with Crippen molar-refractivity contribution in [2.75, 3.05) is 20.3 Å². The zero-order valence-electron chi connectivity index (χ0n) is 10.7. The molecule has 0 aliphatic carbocycles. The van der Waals surface area contributed by atoms with Gasteiger partial charge >= 0.3 is 0 Å². The Balaban J connectivity index is 2.51. The number of pyridine rings is 1. The SMILES string of the molecule is CCOCCC(=O)N(C)C(C)c1ccccn1. The van der Waals surface area contributed by atoms with Gasteiger partial charge in [-0.25, -0.2) is 0 Å².